The number of hydrogen-bond acceptors (Lipinski definition) is 5. The first kappa shape index (κ1) is 15.8. The fourth-order valence-electron chi connectivity index (χ4n) is 2.02. The Hall–Kier alpha value is -1.30. The molecule has 0 atom stereocenters. The first-order chi connectivity index (χ1) is 9.15. The zero-order chi connectivity index (χ0) is 14.1. The topological polar surface area (TPSA) is 82.3 Å². The highest BCUT2D eigenvalue weighted by atomic mass is 16.3. The Labute approximate surface area is 115 Å². The number of nitrogens with one attached hydrogen (secondary N) is 3. The SMILES string of the molecule is Cc1cc(O)cc(C)c1NCCNCCNCCN. The molecule has 0 saturated carbocycles. The van der Waals surface area contributed by atoms with E-state index in [2.05, 4.69) is 16.0 Å². The average Bonchev–Trinajstić information content (AvgIpc) is 2.35. The van der Waals surface area contributed by atoms with Gasteiger partial charge in [-0.2, -0.15) is 0 Å². The van der Waals surface area contributed by atoms with E-state index in [-0.39, 0.29) is 0 Å². The molecule has 0 aliphatic heterocycles. The van der Waals surface area contributed by atoms with Crippen molar-refractivity contribution in [3.8, 4) is 5.75 Å². The van der Waals surface area contributed by atoms with E-state index in [1.165, 1.54) is 0 Å². The van der Waals surface area contributed by atoms with Gasteiger partial charge in [-0.15, -0.1) is 0 Å². The molecule has 0 amide bonds. The van der Waals surface area contributed by atoms with Crippen LogP contribution < -0.4 is 21.7 Å². The molecule has 0 fully saturated rings. The summed E-state index contributed by atoms with van der Waals surface area (Å²) in [5.41, 5.74) is 8.64. The Morgan fingerprint density at radius 2 is 1.47 bits per heavy atom. The normalized spacial score (nSPS) is 10.7. The van der Waals surface area contributed by atoms with Crippen LogP contribution in [0.2, 0.25) is 0 Å². The molecule has 0 unspecified atom stereocenters. The summed E-state index contributed by atoms with van der Waals surface area (Å²) in [6, 6.07) is 3.55. The molecule has 0 saturated heterocycles. The van der Waals surface area contributed by atoms with Crippen LogP contribution in [0.3, 0.4) is 0 Å². The summed E-state index contributed by atoms with van der Waals surface area (Å²) in [6.45, 7) is 9.20. The minimum atomic E-state index is 0.324. The predicted octanol–water partition coefficient (Wildman–Crippen LogP) is 0.559. The minimum Gasteiger partial charge on any atom is -0.508 e. The first-order valence-electron chi connectivity index (χ1n) is 6.80. The van der Waals surface area contributed by atoms with Crippen LogP contribution >= 0.6 is 0 Å². The molecule has 0 heterocycles. The Morgan fingerprint density at radius 1 is 0.947 bits per heavy atom. The number of aromatic hydroxyl groups is 1. The van der Waals surface area contributed by atoms with E-state index in [0.717, 1.165) is 49.5 Å². The molecule has 0 spiro atoms. The predicted molar refractivity (Wildman–Crippen MR) is 80.9 cm³/mol. The number of nitrogens with two attached hydrogens (primary N) is 1. The third-order valence-electron chi connectivity index (χ3n) is 2.92. The lowest BCUT2D eigenvalue weighted by Crippen LogP contribution is -2.32. The summed E-state index contributed by atoms with van der Waals surface area (Å²) in [7, 11) is 0. The molecule has 0 bridgehead atoms. The van der Waals surface area contributed by atoms with Crippen molar-refractivity contribution >= 4 is 5.69 Å². The van der Waals surface area contributed by atoms with Gasteiger partial charge in [0.25, 0.3) is 0 Å². The molecule has 0 aliphatic carbocycles. The zero-order valence-electron chi connectivity index (χ0n) is 11.9. The fraction of sp³-hybridized carbons (Fsp3) is 0.571. The van der Waals surface area contributed by atoms with E-state index in [1.54, 1.807) is 12.1 Å². The van der Waals surface area contributed by atoms with Crippen LogP contribution in [0.5, 0.6) is 5.75 Å². The van der Waals surface area contributed by atoms with Gasteiger partial charge >= 0.3 is 0 Å². The van der Waals surface area contributed by atoms with Crippen molar-refractivity contribution in [2.45, 2.75) is 13.8 Å². The molecule has 19 heavy (non-hydrogen) atoms. The minimum absolute atomic E-state index is 0.324. The highest BCUT2D eigenvalue weighted by Crippen LogP contribution is 2.24. The van der Waals surface area contributed by atoms with E-state index in [1.807, 2.05) is 13.8 Å². The van der Waals surface area contributed by atoms with Crippen LogP contribution in [0.4, 0.5) is 5.69 Å². The average molecular weight is 266 g/mol. The van der Waals surface area contributed by atoms with E-state index >= 15 is 0 Å². The van der Waals surface area contributed by atoms with Crippen LogP contribution in [0.15, 0.2) is 12.1 Å². The monoisotopic (exact) mass is 266 g/mol. The number of rotatable bonds is 9. The summed E-state index contributed by atoms with van der Waals surface area (Å²) in [4.78, 5) is 0. The quantitative estimate of drug-likeness (QED) is 0.333. The molecule has 1 aromatic carbocycles. The highest BCUT2D eigenvalue weighted by molar-refractivity contribution is 5.59. The number of phenolic OH excluding ortho intramolecular Hbond substituents is 1. The van der Waals surface area contributed by atoms with Gasteiger partial charge in [-0.3, -0.25) is 0 Å². The van der Waals surface area contributed by atoms with E-state index in [0.29, 0.717) is 12.3 Å². The molecule has 0 aromatic heterocycles. The van der Waals surface area contributed by atoms with Gasteiger partial charge in [0.2, 0.25) is 0 Å². The smallest absolute Gasteiger partial charge is 0.116 e. The van der Waals surface area contributed by atoms with Crippen molar-refractivity contribution in [2.24, 2.45) is 5.73 Å². The lowest BCUT2D eigenvalue weighted by Gasteiger charge is -2.13. The van der Waals surface area contributed by atoms with Gasteiger partial charge in [0.05, 0.1) is 0 Å². The van der Waals surface area contributed by atoms with Gasteiger partial charge in [-0.05, 0) is 37.1 Å². The van der Waals surface area contributed by atoms with Crippen molar-refractivity contribution in [3.63, 3.8) is 0 Å². The van der Waals surface area contributed by atoms with Crippen LogP contribution in [-0.2, 0) is 0 Å². The van der Waals surface area contributed by atoms with Gasteiger partial charge in [0.1, 0.15) is 5.75 Å². The van der Waals surface area contributed by atoms with E-state index < -0.39 is 0 Å². The van der Waals surface area contributed by atoms with Gasteiger partial charge in [-0.1, -0.05) is 0 Å². The van der Waals surface area contributed by atoms with Gasteiger partial charge in [0.15, 0.2) is 0 Å². The second-order valence-corrected chi connectivity index (χ2v) is 4.67. The Balaban J connectivity index is 2.19. The third kappa shape index (κ3) is 5.92. The van der Waals surface area contributed by atoms with Crippen molar-refractivity contribution in [1.29, 1.82) is 0 Å². The molecular weight excluding hydrogens is 240 g/mol. The summed E-state index contributed by atoms with van der Waals surface area (Å²) in [5, 5.41) is 19.5. The summed E-state index contributed by atoms with van der Waals surface area (Å²) >= 11 is 0. The van der Waals surface area contributed by atoms with E-state index in [9.17, 15) is 5.11 Å². The Morgan fingerprint density at radius 3 is 2.05 bits per heavy atom. The Kier molecular flexibility index (Phi) is 7.25. The molecule has 5 nitrogen and oxygen atoms in total. The maximum absolute atomic E-state index is 9.47. The summed E-state index contributed by atoms with van der Waals surface area (Å²) in [5.74, 6) is 0.324. The molecule has 6 N–H and O–H groups in total. The molecular formula is C14H26N4O. The maximum atomic E-state index is 9.47. The number of phenols is 1. The first-order valence-corrected chi connectivity index (χ1v) is 6.80. The molecule has 108 valence electrons. The van der Waals surface area contributed by atoms with Crippen LogP contribution in [0.1, 0.15) is 11.1 Å². The second kappa shape index (κ2) is 8.74. The lowest BCUT2D eigenvalue weighted by molar-refractivity contribution is 0.474. The van der Waals surface area contributed by atoms with Gasteiger partial charge < -0.3 is 26.8 Å². The third-order valence-corrected chi connectivity index (χ3v) is 2.92. The number of anilines is 1. The van der Waals surface area contributed by atoms with Gasteiger partial charge in [-0.25, -0.2) is 0 Å². The summed E-state index contributed by atoms with van der Waals surface area (Å²) < 4.78 is 0. The fourth-order valence-corrected chi connectivity index (χ4v) is 2.02. The largest absolute Gasteiger partial charge is 0.508 e. The van der Waals surface area contributed by atoms with Crippen molar-refractivity contribution in [3.05, 3.63) is 23.3 Å². The number of hydrogen-bond donors (Lipinski definition) is 5. The molecule has 5 heteroatoms. The van der Waals surface area contributed by atoms with Crippen LogP contribution in [0.25, 0.3) is 0 Å². The molecule has 1 rings (SSSR count). The zero-order valence-corrected chi connectivity index (χ0v) is 11.9. The van der Waals surface area contributed by atoms with Crippen molar-refractivity contribution in [1.82, 2.24) is 10.6 Å². The molecule has 0 radical (unpaired) electrons. The second-order valence-electron chi connectivity index (χ2n) is 4.67. The number of aryl methyl sites for hydroxylation is 2. The molecule has 1 aromatic rings. The Bertz CT molecular complexity index is 359. The molecule has 0 aliphatic rings. The lowest BCUT2D eigenvalue weighted by atomic mass is 10.1. The summed E-state index contributed by atoms with van der Waals surface area (Å²) in [6.07, 6.45) is 0. The maximum Gasteiger partial charge on any atom is 0.116 e. The van der Waals surface area contributed by atoms with Gasteiger partial charge in [0, 0.05) is 45.0 Å². The van der Waals surface area contributed by atoms with Crippen molar-refractivity contribution in [2.75, 3.05) is 44.6 Å². The van der Waals surface area contributed by atoms with E-state index in [4.69, 9.17) is 5.73 Å². The number of benzene rings is 1. The van der Waals surface area contributed by atoms with Crippen molar-refractivity contribution < 1.29 is 5.11 Å². The highest BCUT2D eigenvalue weighted by Gasteiger charge is 2.03. The van der Waals surface area contributed by atoms with Crippen LogP contribution in [0, 0.1) is 13.8 Å². The van der Waals surface area contributed by atoms with Crippen LogP contribution in [-0.4, -0.2) is 44.4 Å². The standard InChI is InChI=1S/C14H26N4O/c1-11-9-13(19)10-12(2)14(11)18-8-7-17-6-5-16-4-3-15/h9-10,16-19H,3-8,15H2,1-2H3.